The molecule has 0 bridgehead atoms. The van der Waals surface area contributed by atoms with Gasteiger partial charge in [-0.2, -0.15) is 0 Å². The molecule has 0 saturated heterocycles. The van der Waals surface area contributed by atoms with Crippen LogP contribution in [0, 0.1) is 0 Å². The lowest BCUT2D eigenvalue weighted by molar-refractivity contribution is 0.666. The maximum Gasteiger partial charge on any atom is 0.208 e. The van der Waals surface area contributed by atoms with Crippen LogP contribution in [0.3, 0.4) is 0 Å². The second kappa shape index (κ2) is 7.86. The zero-order valence-corrected chi connectivity index (χ0v) is 11.8. The van der Waals surface area contributed by atoms with Crippen molar-refractivity contribution in [1.29, 1.82) is 0 Å². The summed E-state index contributed by atoms with van der Waals surface area (Å²) in [6.45, 7) is 4.37. The lowest BCUT2D eigenvalue weighted by Crippen LogP contribution is -2.18. The van der Waals surface area contributed by atoms with Crippen molar-refractivity contribution < 1.29 is 0 Å². The molecule has 0 aromatic carbocycles. The van der Waals surface area contributed by atoms with Crippen LogP contribution in [0.25, 0.3) is 0 Å². The van der Waals surface area contributed by atoms with Gasteiger partial charge in [0.2, 0.25) is 5.13 Å². The lowest BCUT2D eigenvalue weighted by Gasteiger charge is -2.03. The Morgan fingerprint density at radius 2 is 2.12 bits per heavy atom. The Morgan fingerprint density at radius 1 is 1.31 bits per heavy atom. The first-order chi connectivity index (χ1) is 7.74. The minimum atomic E-state index is 0.974. The summed E-state index contributed by atoms with van der Waals surface area (Å²) in [5.41, 5.74) is 0. The average molecular weight is 260 g/mol. The second-order valence-electron chi connectivity index (χ2n) is 3.70. The molecule has 16 heavy (non-hydrogen) atoms. The largest absolute Gasteiger partial charge is 0.353 e. The Morgan fingerprint density at radius 3 is 2.75 bits per heavy atom. The first kappa shape index (κ1) is 13.7. The molecule has 1 N–H and O–H groups in total. The van der Waals surface area contributed by atoms with E-state index < -0.39 is 0 Å². The van der Waals surface area contributed by atoms with Crippen LogP contribution in [-0.2, 0) is 0 Å². The number of anilines is 1. The molecule has 0 aliphatic rings. The van der Waals surface area contributed by atoms with Crippen LogP contribution in [0.1, 0.15) is 19.8 Å². The van der Waals surface area contributed by atoms with E-state index in [9.17, 15) is 0 Å². The molecule has 0 unspecified atom stereocenters. The van der Waals surface area contributed by atoms with Crippen molar-refractivity contribution in [3.05, 3.63) is 0 Å². The summed E-state index contributed by atoms with van der Waals surface area (Å²) in [4.78, 5) is 1.99. The Bertz CT molecular complexity index is 288. The fourth-order valence-corrected chi connectivity index (χ4v) is 2.81. The second-order valence-corrected chi connectivity index (χ2v) is 5.99. The lowest BCUT2D eigenvalue weighted by atomic mass is 10.3. The highest BCUT2D eigenvalue weighted by molar-refractivity contribution is 8.01. The minimum Gasteiger partial charge on any atom is -0.353 e. The zero-order valence-electron chi connectivity index (χ0n) is 10.2. The molecule has 0 aliphatic heterocycles. The van der Waals surface area contributed by atoms with Crippen molar-refractivity contribution in [2.45, 2.75) is 24.1 Å². The van der Waals surface area contributed by atoms with Gasteiger partial charge in [0.1, 0.15) is 0 Å². The minimum absolute atomic E-state index is 0.974. The van der Waals surface area contributed by atoms with Gasteiger partial charge in [-0.05, 0) is 13.0 Å². The third-order valence-electron chi connectivity index (χ3n) is 1.99. The molecule has 0 amide bonds. The van der Waals surface area contributed by atoms with Crippen LogP contribution in [-0.4, -0.2) is 43.1 Å². The predicted octanol–water partition coefficient (Wildman–Crippen LogP) is 2.09. The maximum absolute atomic E-state index is 4.13. The highest BCUT2D eigenvalue weighted by Gasteiger charge is 2.05. The SMILES string of the molecule is CCCCNCCSc1nnc(N(C)C)s1. The van der Waals surface area contributed by atoms with Gasteiger partial charge in [-0.1, -0.05) is 36.4 Å². The summed E-state index contributed by atoms with van der Waals surface area (Å²) in [7, 11) is 3.97. The Hall–Kier alpha value is -0.330. The molecular formula is C10H20N4S2. The van der Waals surface area contributed by atoms with E-state index in [1.807, 2.05) is 19.0 Å². The van der Waals surface area contributed by atoms with Crippen LogP contribution in [0.4, 0.5) is 5.13 Å². The van der Waals surface area contributed by atoms with E-state index in [0.29, 0.717) is 0 Å². The summed E-state index contributed by atoms with van der Waals surface area (Å²) < 4.78 is 1.06. The molecule has 0 atom stereocenters. The zero-order chi connectivity index (χ0) is 11.8. The number of rotatable bonds is 8. The number of unbranched alkanes of at least 4 members (excludes halogenated alkanes) is 1. The molecule has 0 aliphatic carbocycles. The van der Waals surface area contributed by atoms with E-state index in [2.05, 4.69) is 22.4 Å². The Balaban J connectivity index is 2.12. The fourth-order valence-electron chi connectivity index (χ4n) is 1.08. The Kier molecular flexibility index (Phi) is 6.75. The number of thioether (sulfide) groups is 1. The standard InChI is InChI=1S/C10H20N4S2/c1-4-5-6-11-7-8-15-10-13-12-9(16-10)14(2)3/h11H,4-8H2,1-3H3. The molecule has 6 heteroatoms. The van der Waals surface area contributed by atoms with E-state index in [-0.39, 0.29) is 0 Å². The summed E-state index contributed by atoms with van der Waals surface area (Å²) in [6, 6.07) is 0. The topological polar surface area (TPSA) is 41.1 Å². The van der Waals surface area contributed by atoms with Crippen molar-refractivity contribution in [1.82, 2.24) is 15.5 Å². The van der Waals surface area contributed by atoms with E-state index in [0.717, 1.165) is 28.3 Å². The summed E-state index contributed by atoms with van der Waals surface area (Å²) >= 11 is 3.42. The predicted molar refractivity (Wildman–Crippen MR) is 72.7 cm³/mol. The van der Waals surface area contributed by atoms with Gasteiger partial charge in [-0.15, -0.1) is 10.2 Å². The molecular weight excluding hydrogens is 240 g/mol. The van der Waals surface area contributed by atoms with Crippen molar-refractivity contribution in [2.24, 2.45) is 0 Å². The molecule has 92 valence electrons. The molecule has 0 spiro atoms. The molecule has 0 saturated carbocycles. The van der Waals surface area contributed by atoms with Gasteiger partial charge in [0.25, 0.3) is 0 Å². The molecule has 1 rings (SSSR count). The Labute approximate surface area is 106 Å². The molecule has 0 radical (unpaired) electrons. The fraction of sp³-hybridized carbons (Fsp3) is 0.800. The normalized spacial score (nSPS) is 10.7. The van der Waals surface area contributed by atoms with Gasteiger partial charge < -0.3 is 10.2 Å². The van der Waals surface area contributed by atoms with Gasteiger partial charge in [0.15, 0.2) is 4.34 Å². The number of aromatic nitrogens is 2. The van der Waals surface area contributed by atoms with Crippen molar-refractivity contribution in [2.75, 3.05) is 37.8 Å². The number of nitrogens with zero attached hydrogens (tertiary/aromatic N) is 3. The van der Waals surface area contributed by atoms with Gasteiger partial charge in [-0.3, -0.25) is 0 Å². The summed E-state index contributed by atoms with van der Waals surface area (Å²) in [6.07, 6.45) is 2.51. The first-order valence-corrected chi connectivity index (χ1v) is 7.38. The first-order valence-electron chi connectivity index (χ1n) is 5.58. The van der Waals surface area contributed by atoms with E-state index in [1.165, 1.54) is 12.8 Å². The van der Waals surface area contributed by atoms with Crippen LogP contribution < -0.4 is 10.2 Å². The van der Waals surface area contributed by atoms with Crippen LogP contribution in [0.5, 0.6) is 0 Å². The van der Waals surface area contributed by atoms with Crippen molar-refractivity contribution in [3.8, 4) is 0 Å². The quantitative estimate of drug-likeness (QED) is 0.572. The number of nitrogens with one attached hydrogen (secondary N) is 1. The van der Waals surface area contributed by atoms with E-state index >= 15 is 0 Å². The summed E-state index contributed by atoms with van der Waals surface area (Å²) in [5.74, 6) is 1.06. The van der Waals surface area contributed by atoms with Crippen LogP contribution >= 0.6 is 23.1 Å². The molecule has 1 aromatic heterocycles. The van der Waals surface area contributed by atoms with Gasteiger partial charge in [0, 0.05) is 26.4 Å². The van der Waals surface area contributed by atoms with Crippen LogP contribution in [0.2, 0.25) is 0 Å². The summed E-state index contributed by atoms with van der Waals surface area (Å²) in [5, 5.41) is 12.6. The highest BCUT2D eigenvalue weighted by atomic mass is 32.2. The average Bonchev–Trinajstić information content (AvgIpc) is 2.72. The third kappa shape index (κ3) is 5.14. The molecule has 1 heterocycles. The van der Waals surface area contributed by atoms with Crippen molar-refractivity contribution in [3.63, 3.8) is 0 Å². The van der Waals surface area contributed by atoms with Crippen molar-refractivity contribution >= 4 is 28.2 Å². The molecule has 0 fully saturated rings. The van der Waals surface area contributed by atoms with Gasteiger partial charge in [-0.25, -0.2) is 0 Å². The monoisotopic (exact) mass is 260 g/mol. The molecule has 4 nitrogen and oxygen atoms in total. The third-order valence-corrected chi connectivity index (χ3v) is 4.22. The van der Waals surface area contributed by atoms with Gasteiger partial charge >= 0.3 is 0 Å². The van der Waals surface area contributed by atoms with E-state index in [4.69, 9.17) is 0 Å². The maximum atomic E-state index is 4.13. The van der Waals surface area contributed by atoms with Crippen LogP contribution in [0.15, 0.2) is 4.34 Å². The molecule has 1 aromatic rings. The van der Waals surface area contributed by atoms with Gasteiger partial charge in [0.05, 0.1) is 0 Å². The highest BCUT2D eigenvalue weighted by Crippen LogP contribution is 2.26. The van der Waals surface area contributed by atoms with E-state index in [1.54, 1.807) is 23.1 Å². The number of hydrogen-bond acceptors (Lipinski definition) is 6. The number of hydrogen-bond donors (Lipinski definition) is 1. The smallest absolute Gasteiger partial charge is 0.208 e.